The van der Waals surface area contributed by atoms with Crippen LogP contribution in [0.15, 0.2) is 23.1 Å². The molecule has 0 aliphatic carbocycles. The van der Waals surface area contributed by atoms with Gasteiger partial charge in [0, 0.05) is 16.5 Å². The van der Waals surface area contributed by atoms with Gasteiger partial charge in [0.25, 0.3) is 5.69 Å². The maximum Gasteiger partial charge on any atom is 0.273 e. The predicted molar refractivity (Wildman–Crippen MR) is 54.3 cm³/mol. The molecule has 0 heterocycles. The Hall–Kier alpha value is -1.03. The number of nitro benzene ring substituents is 1. The third-order valence-electron chi connectivity index (χ3n) is 1.88. The molecule has 0 amide bonds. The Morgan fingerprint density at radius 2 is 2.23 bits per heavy atom. The summed E-state index contributed by atoms with van der Waals surface area (Å²) in [5.41, 5.74) is 1.06. The van der Waals surface area contributed by atoms with Crippen LogP contribution in [0.25, 0.3) is 0 Å². The van der Waals surface area contributed by atoms with Crippen LogP contribution >= 0.6 is 11.8 Å². The van der Waals surface area contributed by atoms with Gasteiger partial charge in [0.15, 0.2) is 0 Å². The summed E-state index contributed by atoms with van der Waals surface area (Å²) in [5, 5.41) is 10.6. The van der Waals surface area contributed by atoms with Crippen LogP contribution in [0, 0.1) is 10.1 Å². The van der Waals surface area contributed by atoms with Gasteiger partial charge in [-0.3, -0.25) is 10.1 Å². The van der Waals surface area contributed by atoms with Crippen molar-refractivity contribution in [1.82, 2.24) is 0 Å². The molecule has 3 nitrogen and oxygen atoms in total. The monoisotopic (exact) mass is 197 g/mol. The van der Waals surface area contributed by atoms with Crippen molar-refractivity contribution in [1.29, 1.82) is 0 Å². The van der Waals surface area contributed by atoms with Crippen LogP contribution < -0.4 is 0 Å². The maximum absolute atomic E-state index is 10.6. The van der Waals surface area contributed by atoms with Crippen LogP contribution in [0.4, 0.5) is 5.69 Å². The van der Waals surface area contributed by atoms with Gasteiger partial charge in [-0.15, -0.1) is 11.8 Å². The van der Waals surface area contributed by atoms with E-state index in [0.29, 0.717) is 6.42 Å². The molecule has 0 atom stereocenters. The Bertz CT molecular complexity index is 325. The van der Waals surface area contributed by atoms with Crippen LogP contribution in [0.3, 0.4) is 0 Å². The van der Waals surface area contributed by atoms with Crippen molar-refractivity contribution in [3.63, 3.8) is 0 Å². The van der Waals surface area contributed by atoms with Crippen LogP contribution in [0.1, 0.15) is 12.5 Å². The quantitative estimate of drug-likeness (QED) is 0.425. The largest absolute Gasteiger partial charge is 0.273 e. The highest BCUT2D eigenvalue weighted by molar-refractivity contribution is 7.98. The minimum absolute atomic E-state index is 0.231. The lowest BCUT2D eigenvalue weighted by Crippen LogP contribution is -1.95. The lowest BCUT2D eigenvalue weighted by atomic mass is 10.1. The van der Waals surface area contributed by atoms with Gasteiger partial charge < -0.3 is 0 Å². The van der Waals surface area contributed by atoms with Crippen molar-refractivity contribution in [2.45, 2.75) is 18.2 Å². The summed E-state index contributed by atoms with van der Waals surface area (Å²) in [5.74, 6) is 0. The third-order valence-corrected chi connectivity index (χ3v) is 2.70. The molecular weight excluding hydrogens is 186 g/mol. The number of hydrogen-bond acceptors (Lipinski definition) is 3. The molecule has 0 unspecified atom stereocenters. The smallest absolute Gasteiger partial charge is 0.258 e. The third kappa shape index (κ3) is 2.01. The Labute approximate surface area is 81.3 Å². The maximum atomic E-state index is 10.6. The SMILES string of the molecule is CCc1c(SC)cccc1[N+](=O)[O-]. The first-order chi connectivity index (χ1) is 6.20. The van der Waals surface area contributed by atoms with Crippen molar-refractivity contribution >= 4 is 17.4 Å². The van der Waals surface area contributed by atoms with E-state index in [9.17, 15) is 10.1 Å². The van der Waals surface area contributed by atoms with Crippen LogP contribution in [0.5, 0.6) is 0 Å². The number of hydrogen-bond donors (Lipinski definition) is 0. The highest BCUT2D eigenvalue weighted by atomic mass is 32.2. The van der Waals surface area contributed by atoms with E-state index in [1.165, 1.54) is 0 Å². The van der Waals surface area contributed by atoms with Gasteiger partial charge in [-0.05, 0) is 18.7 Å². The normalized spacial score (nSPS) is 10.0. The van der Waals surface area contributed by atoms with Crippen LogP contribution in [-0.4, -0.2) is 11.2 Å². The lowest BCUT2D eigenvalue weighted by molar-refractivity contribution is -0.385. The topological polar surface area (TPSA) is 43.1 Å². The van der Waals surface area contributed by atoms with Crippen LogP contribution in [-0.2, 0) is 6.42 Å². The second-order valence-corrected chi connectivity index (χ2v) is 3.42. The van der Waals surface area contributed by atoms with E-state index >= 15 is 0 Å². The van der Waals surface area contributed by atoms with E-state index in [0.717, 1.165) is 10.5 Å². The number of nitro groups is 1. The molecule has 0 bridgehead atoms. The summed E-state index contributed by atoms with van der Waals surface area (Å²) in [7, 11) is 0. The molecule has 1 aromatic rings. The fourth-order valence-electron chi connectivity index (χ4n) is 1.27. The Balaban J connectivity index is 3.27. The van der Waals surface area contributed by atoms with Crippen molar-refractivity contribution < 1.29 is 4.92 Å². The molecule has 0 spiro atoms. The highest BCUT2D eigenvalue weighted by Crippen LogP contribution is 2.28. The lowest BCUT2D eigenvalue weighted by Gasteiger charge is -2.04. The second kappa shape index (κ2) is 4.28. The first kappa shape index (κ1) is 10.1. The minimum atomic E-state index is -0.321. The van der Waals surface area contributed by atoms with Gasteiger partial charge in [0.05, 0.1) is 4.92 Å². The van der Waals surface area contributed by atoms with Crippen molar-refractivity contribution in [3.05, 3.63) is 33.9 Å². The molecule has 70 valence electrons. The Morgan fingerprint density at radius 3 is 2.69 bits per heavy atom. The van der Waals surface area contributed by atoms with Crippen molar-refractivity contribution in [2.75, 3.05) is 6.26 Å². The molecule has 0 radical (unpaired) electrons. The van der Waals surface area contributed by atoms with E-state index in [1.807, 2.05) is 19.2 Å². The molecule has 1 aromatic carbocycles. The molecule has 0 aliphatic rings. The average Bonchev–Trinajstić information content (AvgIpc) is 2.16. The molecule has 1 rings (SSSR count). The number of benzene rings is 1. The summed E-state index contributed by atoms with van der Waals surface area (Å²) in [4.78, 5) is 11.3. The molecule has 0 aliphatic heterocycles. The fourth-order valence-corrected chi connectivity index (χ4v) is 1.98. The Kier molecular flexibility index (Phi) is 3.31. The zero-order valence-electron chi connectivity index (χ0n) is 7.61. The summed E-state index contributed by atoms with van der Waals surface area (Å²) in [6.45, 7) is 1.93. The van der Waals surface area contributed by atoms with E-state index in [1.54, 1.807) is 23.9 Å². The second-order valence-electron chi connectivity index (χ2n) is 2.57. The summed E-state index contributed by atoms with van der Waals surface area (Å²) >= 11 is 1.55. The van der Waals surface area contributed by atoms with E-state index in [2.05, 4.69) is 0 Å². The van der Waals surface area contributed by atoms with Crippen molar-refractivity contribution in [3.8, 4) is 0 Å². The van der Waals surface area contributed by atoms with Gasteiger partial charge in [0.1, 0.15) is 0 Å². The highest BCUT2D eigenvalue weighted by Gasteiger charge is 2.14. The van der Waals surface area contributed by atoms with Gasteiger partial charge in [-0.25, -0.2) is 0 Å². The number of nitrogens with zero attached hydrogens (tertiary/aromatic N) is 1. The van der Waals surface area contributed by atoms with Gasteiger partial charge in [-0.1, -0.05) is 13.0 Å². The first-order valence-electron chi connectivity index (χ1n) is 4.01. The molecule has 0 aromatic heterocycles. The molecule has 0 N–H and O–H groups in total. The minimum Gasteiger partial charge on any atom is -0.258 e. The predicted octanol–water partition coefficient (Wildman–Crippen LogP) is 2.88. The molecule has 4 heteroatoms. The Morgan fingerprint density at radius 1 is 1.54 bits per heavy atom. The molecule has 0 fully saturated rings. The molecule has 0 saturated heterocycles. The molecular formula is C9H11NO2S. The van der Waals surface area contributed by atoms with E-state index < -0.39 is 0 Å². The zero-order chi connectivity index (χ0) is 9.84. The first-order valence-corrected chi connectivity index (χ1v) is 5.23. The zero-order valence-corrected chi connectivity index (χ0v) is 8.43. The fraction of sp³-hybridized carbons (Fsp3) is 0.333. The van der Waals surface area contributed by atoms with Gasteiger partial charge in [0.2, 0.25) is 0 Å². The standard InChI is InChI=1S/C9H11NO2S/c1-3-7-8(10(11)12)5-4-6-9(7)13-2/h4-6H,3H2,1-2H3. The van der Waals surface area contributed by atoms with Crippen LogP contribution in [0.2, 0.25) is 0 Å². The number of rotatable bonds is 3. The van der Waals surface area contributed by atoms with E-state index in [4.69, 9.17) is 0 Å². The molecule has 0 saturated carbocycles. The van der Waals surface area contributed by atoms with Gasteiger partial charge >= 0.3 is 0 Å². The van der Waals surface area contributed by atoms with E-state index in [-0.39, 0.29) is 10.6 Å². The van der Waals surface area contributed by atoms with Gasteiger partial charge in [-0.2, -0.15) is 0 Å². The summed E-state index contributed by atoms with van der Waals surface area (Å²) < 4.78 is 0. The number of thioether (sulfide) groups is 1. The molecule has 13 heavy (non-hydrogen) atoms. The summed E-state index contributed by atoms with van der Waals surface area (Å²) in [6, 6.07) is 5.19. The van der Waals surface area contributed by atoms with Crippen molar-refractivity contribution in [2.24, 2.45) is 0 Å². The summed E-state index contributed by atoms with van der Waals surface area (Å²) in [6.07, 6.45) is 2.63. The average molecular weight is 197 g/mol.